The average Bonchev–Trinajstić information content (AvgIpc) is 2.52. The molecule has 2 aromatic carbocycles. The molecule has 23 heavy (non-hydrogen) atoms. The number of hydrogen-bond acceptors (Lipinski definition) is 3. The zero-order valence-corrected chi connectivity index (χ0v) is 15.8. The van der Waals surface area contributed by atoms with E-state index in [4.69, 9.17) is 27.9 Å². The van der Waals surface area contributed by atoms with Gasteiger partial charge in [-0.15, -0.1) is 0 Å². The second-order valence-electron chi connectivity index (χ2n) is 4.45. The average molecular weight is 463 g/mol. The minimum atomic E-state index is -0.361. The van der Waals surface area contributed by atoms with E-state index in [1.54, 1.807) is 18.3 Å². The monoisotopic (exact) mass is 462 g/mol. The van der Waals surface area contributed by atoms with E-state index in [9.17, 15) is 4.79 Å². The van der Waals surface area contributed by atoms with E-state index in [0.717, 1.165) is 14.9 Å². The summed E-state index contributed by atoms with van der Waals surface area (Å²) in [4.78, 5) is 12.0. The van der Waals surface area contributed by atoms with Crippen LogP contribution in [0.25, 0.3) is 0 Å². The number of hydrazone groups is 1. The molecule has 4 nitrogen and oxygen atoms in total. The lowest BCUT2D eigenvalue weighted by atomic mass is 10.2. The molecule has 0 atom stereocenters. The molecule has 0 spiro atoms. The topological polar surface area (TPSA) is 50.7 Å². The molecule has 7 heteroatoms. The molecule has 0 aliphatic carbocycles. The molecule has 120 valence electrons. The molecule has 1 amide bonds. The highest BCUT2D eigenvalue weighted by Gasteiger charge is 2.07. The Kier molecular flexibility index (Phi) is 6.68. The Morgan fingerprint density at radius 3 is 2.70 bits per heavy atom. The SMILES string of the molecule is CCOc1ccc(/C=N\NC(=O)c2ccc(Cl)c(Cl)c2)cc1I. The third-order valence-corrected chi connectivity index (χ3v) is 4.40. The van der Waals surface area contributed by atoms with Crippen LogP contribution in [0.4, 0.5) is 0 Å². The quantitative estimate of drug-likeness (QED) is 0.395. The fourth-order valence-electron chi connectivity index (χ4n) is 1.74. The van der Waals surface area contributed by atoms with E-state index in [1.807, 2.05) is 25.1 Å². The van der Waals surface area contributed by atoms with Crippen molar-refractivity contribution < 1.29 is 9.53 Å². The van der Waals surface area contributed by atoms with Crippen LogP contribution in [0.2, 0.25) is 10.0 Å². The van der Waals surface area contributed by atoms with E-state index in [-0.39, 0.29) is 5.91 Å². The van der Waals surface area contributed by atoms with Crippen LogP contribution < -0.4 is 10.2 Å². The third kappa shape index (κ3) is 5.09. The Morgan fingerprint density at radius 1 is 1.26 bits per heavy atom. The summed E-state index contributed by atoms with van der Waals surface area (Å²) in [5, 5.41) is 4.66. The van der Waals surface area contributed by atoms with E-state index in [0.29, 0.717) is 22.2 Å². The molecule has 0 fully saturated rings. The van der Waals surface area contributed by atoms with Gasteiger partial charge in [0.1, 0.15) is 5.75 Å². The largest absolute Gasteiger partial charge is 0.493 e. The van der Waals surface area contributed by atoms with Crippen LogP contribution in [0.1, 0.15) is 22.8 Å². The third-order valence-electron chi connectivity index (χ3n) is 2.82. The Hall–Kier alpha value is -1.31. The van der Waals surface area contributed by atoms with Crippen molar-refractivity contribution in [1.29, 1.82) is 0 Å². The highest BCUT2D eigenvalue weighted by Crippen LogP contribution is 2.23. The number of carbonyl (C=O) groups excluding carboxylic acids is 1. The Labute approximate surface area is 158 Å². The van der Waals surface area contributed by atoms with Gasteiger partial charge in [0.2, 0.25) is 0 Å². The first-order valence-corrected chi connectivity index (χ1v) is 8.55. The first-order chi connectivity index (χ1) is 11.0. The summed E-state index contributed by atoms with van der Waals surface area (Å²) in [6.07, 6.45) is 1.56. The minimum absolute atomic E-state index is 0.323. The van der Waals surface area contributed by atoms with Crippen LogP contribution >= 0.6 is 45.8 Å². The number of ether oxygens (including phenoxy) is 1. The van der Waals surface area contributed by atoms with Crippen LogP contribution in [0.15, 0.2) is 41.5 Å². The van der Waals surface area contributed by atoms with Crippen LogP contribution in [-0.2, 0) is 0 Å². The fourth-order valence-corrected chi connectivity index (χ4v) is 2.73. The summed E-state index contributed by atoms with van der Waals surface area (Å²) in [7, 11) is 0. The molecule has 0 saturated heterocycles. The van der Waals surface area contributed by atoms with Gasteiger partial charge in [-0.3, -0.25) is 4.79 Å². The van der Waals surface area contributed by atoms with Gasteiger partial charge in [0.25, 0.3) is 5.91 Å². The Balaban J connectivity index is 2.02. The first kappa shape index (κ1) is 18.0. The predicted octanol–water partition coefficient (Wildman–Crippen LogP) is 4.76. The van der Waals surface area contributed by atoms with Gasteiger partial charge in [-0.1, -0.05) is 23.2 Å². The summed E-state index contributed by atoms with van der Waals surface area (Å²) in [6.45, 7) is 2.55. The van der Waals surface area contributed by atoms with E-state index < -0.39 is 0 Å². The molecule has 2 rings (SSSR count). The summed E-state index contributed by atoms with van der Waals surface area (Å²) >= 11 is 13.9. The number of halogens is 3. The number of hydrogen-bond donors (Lipinski definition) is 1. The van der Waals surface area contributed by atoms with Gasteiger partial charge in [-0.25, -0.2) is 5.43 Å². The number of nitrogens with zero attached hydrogens (tertiary/aromatic N) is 1. The van der Waals surface area contributed by atoms with Gasteiger partial charge in [0.15, 0.2) is 0 Å². The zero-order valence-electron chi connectivity index (χ0n) is 12.1. The lowest BCUT2D eigenvalue weighted by molar-refractivity contribution is 0.0955. The Bertz CT molecular complexity index is 751. The molecule has 0 saturated carbocycles. The van der Waals surface area contributed by atoms with Gasteiger partial charge in [0.05, 0.1) is 26.4 Å². The maximum Gasteiger partial charge on any atom is 0.271 e. The number of benzene rings is 2. The van der Waals surface area contributed by atoms with Gasteiger partial charge < -0.3 is 4.74 Å². The molecule has 0 bridgehead atoms. The normalized spacial score (nSPS) is 10.8. The summed E-state index contributed by atoms with van der Waals surface area (Å²) in [6, 6.07) is 10.3. The van der Waals surface area contributed by atoms with Crippen molar-refractivity contribution in [2.45, 2.75) is 6.92 Å². The van der Waals surface area contributed by atoms with Crippen molar-refractivity contribution in [2.24, 2.45) is 5.10 Å². The maximum atomic E-state index is 12.0. The maximum absolute atomic E-state index is 12.0. The van der Waals surface area contributed by atoms with E-state index in [1.165, 1.54) is 6.07 Å². The summed E-state index contributed by atoms with van der Waals surface area (Å²) in [5.74, 6) is 0.463. The highest BCUT2D eigenvalue weighted by molar-refractivity contribution is 14.1. The van der Waals surface area contributed by atoms with Gasteiger partial charge in [-0.05, 0) is 71.5 Å². The van der Waals surface area contributed by atoms with Gasteiger partial charge >= 0.3 is 0 Å². The van der Waals surface area contributed by atoms with Crippen molar-refractivity contribution >= 4 is 57.9 Å². The number of amides is 1. The number of nitrogens with one attached hydrogen (secondary N) is 1. The summed E-state index contributed by atoms with van der Waals surface area (Å²) in [5.41, 5.74) is 3.69. The van der Waals surface area contributed by atoms with Crippen LogP contribution in [0.5, 0.6) is 5.75 Å². The zero-order chi connectivity index (χ0) is 16.8. The first-order valence-electron chi connectivity index (χ1n) is 6.72. The van der Waals surface area contributed by atoms with Crippen LogP contribution in [0, 0.1) is 3.57 Å². The van der Waals surface area contributed by atoms with Crippen molar-refractivity contribution in [1.82, 2.24) is 5.43 Å². The minimum Gasteiger partial charge on any atom is -0.493 e. The molecule has 0 radical (unpaired) electrons. The van der Waals surface area contributed by atoms with Crippen molar-refractivity contribution in [3.63, 3.8) is 0 Å². The smallest absolute Gasteiger partial charge is 0.271 e. The predicted molar refractivity (Wildman–Crippen MR) is 102 cm³/mol. The van der Waals surface area contributed by atoms with Crippen molar-refractivity contribution in [2.75, 3.05) is 6.61 Å². The van der Waals surface area contributed by atoms with Gasteiger partial charge in [0, 0.05) is 5.56 Å². The molecule has 0 unspecified atom stereocenters. The van der Waals surface area contributed by atoms with E-state index in [2.05, 4.69) is 33.1 Å². The molecule has 0 aliphatic heterocycles. The molecule has 2 aromatic rings. The second kappa shape index (κ2) is 8.52. The lowest BCUT2D eigenvalue weighted by Crippen LogP contribution is -2.17. The van der Waals surface area contributed by atoms with E-state index >= 15 is 0 Å². The number of carbonyl (C=O) groups is 1. The Morgan fingerprint density at radius 2 is 2.04 bits per heavy atom. The molecule has 0 aromatic heterocycles. The highest BCUT2D eigenvalue weighted by atomic mass is 127. The van der Waals surface area contributed by atoms with Crippen molar-refractivity contribution in [3.8, 4) is 5.75 Å². The number of rotatable bonds is 5. The second-order valence-corrected chi connectivity index (χ2v) is 6.43. The standard InChI is InChI=1S/C16H13Cl2IN2O2/c1-2-23-15-6-3-10(7-14(15)19)9-20-21-16(22)11-4-5-12(17)13(18)8-11/h3-9H,2H2,1H3,(H,21,22)/b20-9-. The summed E-state index contributed by atoms with van der Waals surface area (Å²) < 4.78 is 6.44. The fraction of sp³-hybridized carbons (Fsp3) is 0.125. The molecule has 0 aliphatic rings. The lowest BCUT2D eigenvalue weighted by Gasteiger charge is -2.06. The molecule has 1 N–H and O–H groups in total. The van der Waals surface area contributed by atoms with Gasteiger partial charge in [-0.2, -0.15) is 5.10 Å². The molecular weight excluding hydrogens is 450 g/mol. The van der Waals surface area contributed by atoms with Crippen molar-refractivity contribution in [3.05, 3.63) is 61.1 Å². The molecule has 0 heterocycles. The molecular formula is C16H13Cl2IN2O2. The van der Waals surface area contributed by atoms with Crippen LogP contribution in [-0.4, -0.2) is 18.7 Å². The van der Waals surface area contributed by atoms with Crippen LogP contribution in [0.3, 0.4) is 0 Å².